The summed E-state index contributed by atoms with van der Waals surface area (Å²) in [6.45, 7) is 2.56. The van der Waals surface area contributed by atoms with E-state index in [4.69, 9.17) is 12.2 Å². The average molecular weight is 373 g/mol. The van der Waals surface area contributed by atoms with Gasteiger partial charge in [-0.2, -0.15) is 0 Å². The van der Waals surface area contributed by atoms with Gasteiger partial charge in [-0.1, -0.05) is 42.5 Å². The lowest BCUT2D eigenvalue weighted by Gasteiger charge is -2.30. The van der Waals surface area contributed by atoms with Gasteiger partial charge in [0.25, 0.3) is 0 Å². The Hall–Kier alpha value is -2.18. The number of aryl methyl sites for hydroxylation is 1. The monoisotopic (exact) mass is 372 g/mol. The second-order valence-corrected chi connectivity index (χ2v) is 8.46. The molecule has 2 aromatic carbocycles. The van der Waals surface area contributed by atoms with Crippen LogP contribution in [0.5, 0.6) is 0 Å². The molecule has 1 N–H and O–H groups in total. The van der Waals surface area contributed by atoms with E-state index < -0.39 is 9.84 Å². The Morgan fingerprint density at radius 3 is 2.60 bits per heavy atom. The van der Waals surface area contributed by atoms with Crippen molar-refractivity contribution < 1.29 is 8.42 Å². The lowest BCUT2D eigenvalue weighted by atomic mass is 10.2. The summed E-state index contributed by atoms with van der Waals surface area (Å²) in [5.41, 5.74) is 3.10. The van der Waals surface area contributed by atoms with Crippen LogP contribution in [0.15, 0.2) is 66.1 Å². The van der Waals surface area contributed by atoms with Crippen LogP contribution in [0, 0.1) is 6.92 Å². The van der Waals surface area contributed by atoms with E-state index in [-0.39, 0.29) is 11.8 Å². The van der Waals surface area contributed by atoms with Gasteiger partial charge >= 0.3 is 0 Å². The first-order valence-electron chi connectivity index (χ1n) is 8.02. The van der Waals surface area contributed by atoms with Crippen molar-refractivity contribution in [2.24, 2.45) is 0 Å². The first-order chi connectivity index (χ1) is 11.9. The molecule has 1 heterocycles. The zero-order valence-corrected chi connectivity index (χ0v) is 15.6. The quantitative estimate of drug-likeness (QED) is 0.833. The van der Waals surface area contributed by atoms with Crippen LogP contribution in [-0.4, -0.2) is 30.2 Å². The minimum atomic E-state index is -3.16. The van der Waals surface area contributed by atoms with E-state index in [1.165, 1.54) is 5.41 Å². The number of hydrogen-bond acceptors (Lipinski definition) is 3. The highest BCUT2D eigenvalue weighted by atomic mass is 32.2. The van der Waals surface area contributed by atoms with Crippen LogP contribution < -0.4 is 5.32 Å². The number of nitrogens with one attached hydrogen (secondary N) is 1. The fraction of sp³-hybridized carbons (Fsp3) is 0.211. The van der Waals surface area contributed by atoms with E-state index in [9.17, 15) is 8.42 Å². The maximum atomic E-state index is 11.8. The molecule has 0 fully saturated rings. The Bertz CT molecular complexity index is 893. The minimum Gasteiger partial charge on any atom is -0.337 e. The van der Waals surface area contributed by atoms with E-state index in [1.807, 2.05) is 66.4 Å². The summed E-state index contributed by atoms with van der Waals surface area (Å²) in [4.78, 5) is 1.92. The molecule has 0 spiro atoms. The Morgan fingerprint density at radius 1 is 1.20 bits per heavy atom. The van der Waals surface area contributed by atoms with Crippen LogP contribution in [0.2, 0.25) is 0 Å². The number of nitrogens with zero attached hydrogens (tertiary/aromatic N) is 1. The van der Waals surface area contributed by atoms with Crippen LogP contribution in [0.4, 0.5) is 5.69 Å². The van der Waals surface area contributed by atoms with Crippen molar-refractivity contribution in [2.75, 3.05) is 11.1 Å². The minimum absolute atomic E-state index is 0.0511. The molecule has 0 saturated carbocycles. The topological polar surface area (TPSA) is 49.4 Å². The number of rotatable bonds is 4. The first-order valence-corrected chi connectivity index (χ1v) is 10.1. The van der Waals surface area contributed by atoms with Crippen molar-refractivity contribution in [1.29, 1.82) is 0 Å². The van der Waals surface area contributed by atoms with Crippen LogP contribution in [0.3, 0.4) is 0 Å². The Morgan fingerprint density at radius 2 is 1.96 bits per heavy atom. The second kappa shape index (κ2) is 7.37. The van der Waals surface area contributed by atoms with Crippen LogP contribution in [0.25, 0.3) is 0 Å². The predicted molar refractivity (Wildman–Crippen MR) is 106 cm³/mol. The number of anilines is 1. The van der Waals surface area contributed by atoms with Gasteiger partial charge in [0.2, 0.25) is 0 Å². The van der Waals surface area contributed by atoms with Crippen LogP contribution >= 0.6 is 12.2 Å². The molecule has 130 valence electrons. The van der Waals surface area contributed by atoms with Crippen molar-refractivity contribution >= 4 is 32.9 Å². The van der Waals surface area contributed by atoms with E-state index in [0.29, 0.717) is 11.7 Å². The fourth-order valence-corrected chi connectivity index (χ4v) is 4.41. The molecule has 2 aromatic rings. The third-order valence-corrected chi connectivity index (χ3v) is 5.75. The second-order valence-electron chi connectivity index (χ2n) is 6.14. The molecule has 25 heavy (non-hydrogen) atoms. The summed E-state index contributed by atoms with van der Waals surface area (Å²) < 4.78 is 23.7. The third-order valence-electron chi connectivity index (χ3n) is 4.04. The SMILES string of the molecule is Cc1cccc(NC(=S)N(Cc2ccccc2)[C@@H]2C=CS(=O)(=O)C2)c1. The fourth-order valence-electron chi connectivity index (χ4n) is 2.79. The molecule has 3 rings (SSSR count). The molecule has 1 aliphatic heterocycles. The van der Waals surface area contributed by atoms with Crippen molar-refractivity contribution in [1.82, 2.24) is 4.90 Å². The Labute approximate surface area is 154 Å². The molecular formula is C19H20N2O2S2. The van der Waals surface area contributed by atoms with Crippen molar-refractivity contribution in [3.05, 3.63) is 77.2 Å². The van der Waals surface area contributed by atoms with Gasteiger partial charge in [0.1, 0.15) is 0 Å². The van der Waals surface area contributed by atoms with Gasteiger partial charge < -0.3 is 10.2 Å². The molecule has 0 aromatic heterocycles. The summed E-state index contributed by atoms with van der Waals surface area (Å²) in [7, 11) is -3.16. The summed E-state index contributed by atoms with van der Waals surface area (Å²) in [5.74, 6) is 0.0511. The summed E-state index contributed by atoms with van der Waals surface area (Å²) in [6.07, 6.45) is 1.71. The molecule has 0 amide bonds. The third kappa shape index (κ3) is 4.67. The number of benzene rings is 2. The van der Waals surface area contributed by atoms with Gasteiger partial charge in [-0.05, 0) is 48.5 Å². The lowest BCUT2D eigenvalue weighted by molar-refractivity contribution is 0.380. The van der Waals surface area contributed by atoms with E-state index in [0.717, 1.165) is 16.8 Å². The van der Waals surface area contributed by atoms with Gasteiger partial charge in [-0.3, -0.25) is 0 Å². The van der Waals surface area contributed by atoms with E-state index >= 15 is 0 Å². The highest BCUT2D eigenvalue weighted by molar-refractivity contribution is 7.94. The van der Waals surface area contributed by atoms with Crippen molar-refractivity contribution in [3.63, 3.8) is 0 Å². The highest BCUT2D eigenvalue weighted by Crippen LogP contribution is 2.20. The molecule has 0 aliphatic carbocycles. The zero-order valence-electron chi connectivity index (χ0n) is 13.9. The maximum absolute atomic E-state index is 11.8. The highest BCUT2D eigenvalue weighted by Gasteiger charge is 2.28. The number of hydrogen-bond donors (Lipinski definition) is 1. The first kappa shape index (κ1) is 17.6. The summed E-state index contributed by atoms with van der Waals surface area (Å²) >= 11 is 5.60. The van der Waals surface area contributed by atoms with Gasteiger partial charge in [0, 0.05) is 17.6 Å². The van der Waals surface area contributed by atoms with E-state index in [2.05, 4.69) is 5.32 Å². The van der Waals surface area contributed by atoms with Crippen LogP contribution in [0.1, 0.15) is 11.1 Å². The Balaban J connectivity index is 1.82. The molecule has 1 atom stereocenters. The van der Waals surface area contributed by atoms with Crippen LogP contribution in [-0.2, 0) is 16.4 Å². The summed E-state index contributed by atoms with van der Waals surface area (Å²) in [5, 5.41) is 5.03. The normalized spacial score (nSPS) is 18.0. The largest absolute Gasteiger partial charge is 0.337 e. The van der Waals surface area contributed by atoms with E-state index in [1.54, 1.807) is 6.08 Å². The lowest BCUT2D eigenvalue weighted by Crippen LogP contribution is -2.42. The van der Waals surface area contributed by atoms with Gasteiger partial charge in [0.15, 0.2) is 14.9 Å². The average Bonchev–Trinajstić information content (AvgIpc) is 2.93. The number of thiocarbonyl (C=S) groups is 1. The zero-order chi connectivity index (χ0) is 17.9. The molecule has 4 nitrogen and oxygen atoms in total. The molecule has 0 saturated heterocycles. The number of sulfone groups is 1. The van der Waals surface area contributed by atoms with Gasteiger partial charge in [-0.15, -0.1) is 0 Å². The Kier molecular flexibility index (Phi) is 5.20. The van der Waals surface area contributed by atoms with Crippen molar-refractivity contribution in [2.45, 2.75) is 19.5 Å². The maximum Gasteiger partial charge on any atom is 0.174 e. The van der Waals surface area contributed by atoms with Gasteiger partial charge in [0.05, 0.1) is 11.8 Å². The molecular weight excluding hydrogens is 352 g/mol. The summed E-state index contributed by atoms with van der Waals surface area (Å²) in [6, 6.07) is 17.6. The smallest absolute Gasteiger partial charge is 0.174 e. The molecule has 0 bridgehead atoms. The molecule has 1 aliphatic rings. The molecule has 0 unspecified atom stereocenters. The standard InChI is InChI=1S/C19H20N2O2S2/c1-15-6-5-9-17(12-15)20-19(24)21(13-16-7-3-2-4-8-16)18-10-11-25(22,23)14-18/h2-12,18H,13-14H2,1H3,(H,20,24)/t18-/m1/s1. The molecule has 6 heteroatoms. The van der Waals surface area contributed by atoms with Gasteiger partial charge in [-0.25, -0.2) is 8.42 Å². The predicted octanol–water partition coefficient (Wildman–Crippen LogP) is 3.50. The molecule has 0 radical (unpaired) electrons. The van der Waals surface area contributed by atoms with Crippen molar-refractivity contribution in [3.8, 4) is 0 Å².